The van der Waals surface area contributed by atoms with E-state index in [0.717, 1.165) is 12.1 Å². The summed E-state index contributed by atoms with van der Waals surface area (Å²) in [4.78, 5) is 0. The zero-order valence-electron chi connectivity index (χ0n) is 8.49. The first kappa shape index (κ1) is 9.97. The summed E-state index contributed by atoms with van der Waals surface area (Å²) in [6.07, 6.45) is 8.03. The molecule has 0 aromatic carbocycles. The molecule has 0 amide bonds. The van der Waals surface area contributed by atoms with Crippen molar-refractivity contribution in [1.29, 1.82) is 0 Å². The molecule has 1 unspecified atom stereocenters. The molecule has 1 aliphatic carbocycles. The highest BCUT2D eigenvalue weighted by Crippen LogP contribution is 2.30. The number of rotatable bonds is 3. The summed E-state index contributed by atoms with van der Waals surface area (Å²) in [5.41, 5.74) is 0.918. The monoisotopic (exact) mass is 213 g/mol. The average molecular weight is 214 g/mol. The fourth-order valence-electron chi connectivity index (χ4n) is 1.99. The second-order valence-corrected chi connectivity index (χ2v) is 4.46. The highest BCUT2D eigenvalue weighted by Gasteiger charge is 2.19. The molecular formula is C10H16ClN3. The average Bonchev–Trinajstić information content (AvgIpc) is 2.86. The molecule has 0 aliphatic heterocycles. The van der Waals surface area contributed by atoms with Crippen molar-refractivity contribution in [2.45, 2.75) is 50.4 Å². The van der Waals surface area contributed by atoms with Crippen LogP contribution >= 0.6 is 11.6 Å². The van der Waals surface area contributed by atoms with E-state index in [0.29, 0.717) is 6.04 Å². The molecule has 0 bridgehead atoms. The summed E-state index contributed by atoms with van der Waals surface area (Å²) in [5.74, 6) is 0. The first-order valence-electron chi connectivity index (χ1n) is 5.37. The van der Waals surface area contributed by atoms with Crippen molar-refractivity contribution in [3.8, 4) is 0 Å². The van der Waals surface area contributed by atoms with Gasteiger partial charge in [-0.1, -0.05) is 25.0 Å². The highest BCUT2D eigenvalue weighted by atomic mass is 35.5. The van der Waals surface area contributed by atoms with E-state index in [2.05, 4.69) is 17.2 Å². The van der Waals surface area contributed by atoms with Crippen LogP contribution in [-0.4, -0.2) is 15.0 Å². The first-order chi connectivity index (χ1) is 6.81. The smallest absolute Gasteiger partial charge is 0.101 e. The molecule has 1 aromatic rings. The molecule has 1 aliphatic rings. The Labute approximate surface area is 89.4 Å². The molecule has 14 heavy (non-hydrogen) atoms. The minimum Gasteiger partial charge on any atom is -0.249 e. The maximum atomic E-state index is 6.09. The van der Waals surface area contributed by atoms with Gasteiger partial charge in [-0.3, -0.25) is 0 Å². The highest BCUT2D eigenvalue weighted by molar-refractivity contribution is 6.20. The van der Waals surface area contributed by atoms with Crippen molar-refractivity contribution >= 4 is 11.6 Å². The molecule has 3 nitrogen and oxygen atoms in total. The molecular weight excluding hydrogens is 198 g/mol. The molecule has 0 N–H and O–H groups in total. The molecule has 0 spiro atoms. The first-order valence-corrected chi connectivity index (χ1v) is 5.80. The standard InChI is InChI=1S/C10H16ClN3/c1-2-9(11)10-7-14(13-12-10)8-5-3-4-6-8/h7-9H,2-6H2,1H3. The zero-order chi connectivity index (χ0) is 9.97. The largest absolute Gasteiger partial charge is 0.249 e. The van der Waals surface area contributed by atoms with E-state index >= 15 is 0 Å². The predicted molar refractivity (Wildman–Crippen MR) is 56.4 cm³/mol. The minimum atomic E-state index is 0.0187. The molecule has 1 fully saturated rings. The van der Waals surface area contributed by atoms with E-state index < -0.39 is 0 Å². The SMILES string of the molecule is CCC(Cl)c1cn(C2CCCC2)nn1. The van der Waals surface area contributed by atoms with Crippen LogP contribution in [0.1, 0.15) is 56.1 Å². The van der Waals surface area contributed by atoms with Crippen molar-refractivity contribution < 1.29 is 0 Å². The van der Waals surface area contributed by atoms with Gasteiger partial charge >= 0.3 is 0 Å². The van der Waals surface area contributed by atoms with Crippen LogP contribution < -0.4 is 0 Å². The Bertz CT molecular complexity index is 291. The molecule has 1 saturated carbocycles. The minimum absolute atomic E-state index is 0.0187. The van der Waals surface area contributed by atoms with Crippen LogP contribution in [0.5, 0.6) is 0 Å². The van der Waals surface area contributed by atoms with Crippen LogP contribution in [0.3, 0.4) is 0 Å². The topological polar surface area (TPSA) is 30.7 Å². The number of hydrogen-bond donors (Lipinski definition) is 0. The summed E-state index contributed by atoms with van der Waals surface area (Å²) < 4.78 is 1.99. The van der Waals surface area contributed by atoms with Crippen LogP contribution in [0.2, 0.25) is 0 Å². The Morgan fingerprint density at radius 1 is 1.57 bits per heavy atom. The van der Waals surface area contributed by atoms with Crippen molar-refractivity contribution in [2.75, 3.05) is 0 Å². The van der Waals surface area contributed by atoms with Gasteiger partial charge in [0.25, 0.3) is 0 Å². The Morgan fingerprint density at radius 3 is 2.93 bits per heavy atom. The normalized spacial score (nSPS) is 20.1. The van der Waals surface area contributed by atoms with Crippen LogP contribution in [0.25, 0.3) is 0 Å². The lowest BCUT2D eigenvalue weighted by Crippen LogP contribution is -2.04. The fraction of sp³-hybridized carbons (Fsp3) is 0.800. The molecule has 0 radical (unpaired) electrons. The van der Waals surface area contributed by atoms with Crippen molar-refractivity contribution in [3.63, 3.8) is 0 Å². The quantitative estimate of drug-likeness (QED) is 0.723. The number of nitrogens with zero attached hydrogens (tertiary/aromatic N) is 3. The van der Waals surface area contributed by atoms with E-state index in [9.17, 15) is 0 Å². The molecule has 1 aromatic heterocycles. The second kappa shape index (κ2) is 4.30. The third kappa shape index (κ3) is 1.92. The molecule has 78 valence electrons. The maximum absolute atomic E-state index is 6.09. The van der Waals surface area contributed by atoms with Gasteiger partial charge in [-0.2, -0.15) is 0 Å². The van der Waals surface area contributed by atoms with Gasteiger partial charge in [0.1, 0.15) is 5.69 Å². The Morgan fingerprint density at radius 2 is 2.29 bits per heavy atom. The lowest BCUT2D eigenvalue weighted by Gasteiger charge is -2.07. The molecule has 0 saturated heterocycles. The zero-order valence-corrected chi connectivity index (χ0v) is 9.24. The lowest BCUT2D eigenvalue weighted by molar-refractivity contribution is 0.454. The molecule has 1 atom stereocenters. The van der Waals surface area contributed by atoms with Crippen molar-refractivity contribution in [3.05, 3.63) is 11.9 Å². The van der Waals surface area contributed by atoms with Gasteiger partial charge < -0.3 is 0 Å². The van der Waals surface area contributed by atoms with Crippen LogP contribution in [0.4, 0.5) is 0 Å². The third-order valence-electron chi connectivity index (χ3n) is 2.91. The van der Waals surface area contributed by atoms with Crippen LogP contribution in [0, 0.1) is 0 Å². The Kier molecular flexibility index (Phi) is 3.06. The summed E-state index contributed by atoms with van der Waals surface area (Å²) in [7, 11) is 0. The van der Waals surface area contributed by atoms with Gasteiger partial charge in [-0.05, 0) is 19.3 Å². The molecule has 2 rings (SSSR count). The number of alkyl halides is 1. The van der Waals surface area contributed by atoms with E-state index in [-0.39, 0.29) is 5.38 Å². The van der Waals surface area contributed by atoms with Gasteiger partial charge in [0.2, 0.25) is 0 Å². The third-order valence-corrected chi connectivity index (χ3v) is 3.44. The van der Waals surface area contributed by atoms with Gasteiger partial charge in [0.05, 0.1) is 17.6 Å². The predicted octanol–water partition coefficient (Wildman–Crippen LogP) is 3.08. The van der Waals surface area contributed by atoms with E-state index in [1.165, 1.54) is 25.7 Å². The number of halogens is 1. The number of hydrogen-bond acceptors (Lipinski definition) is 2. The summed E-state index contributed by atoms with van der Waals surface area (Å²) in [6, 6.07) is 0.567. The summed E-state index contributed by atoms with van der Waals surface area (Å²) in [6.45, 7) is 2.06. The summed E-state index contributed by atoms with van der Waals surface area (Å²) in [5, 5.41) is 8.28. The van der Waals surface area contributed by atoms with Gasteiger partial charge in [-0.25, -0.2) is 4.68 Å². The maximum Gasteiger partial charge on any atom is 0.101 e. The molecule has 4 heteroatoms. The van der Waals surface area contributed by atoms with Gasteiger partial charge in [0.15, 0.2) is 0 Å². The Hall–Kier alpha value is -0.570. The fourth-order valence-corrected chi connectivity index (χ4v) is 2.09. The number of aromatic nitrogens is 3. The van der Waals surface area contributed by atoms with Gasteiger partial charge in [0, 0.05) is 0 Å². The second-order valence-electron chi connectivity index (χ2n) is 3.94. The van der Waals surface area contributed by atoms with E-state index in [1.807, 2.05) is 10.9 Å². The molecule has 1 heterocycles. The van der Waals surface area contributed by atoms with Gasteiger partial charge in [-0.15, -0.1) is 16.7 Å². The summed E-state index contributed by atoms with van der Waals surface area (Å²) >= 11 is 6.09. The van der Waals surface area contributed by atoms with Crippen LogP contribution in [0.15, 0.2) is 6.20 Å². The van der Waals surface area contributed by atoms with Crippen molar-refractivity contribution in [1.82, 2.24) is 15.0 Å². The van der Waals surface area contributed by atoms with Crippen molar-refractivity contribution in [2.24, 2.45) is 0 Å². The lowest BCUT2D eigenvalue weighted by atomic mass is 10.2. The van der Waals surface area contributed by atoms with E-state index in [4.69, 9.17) is 11.6 Å². The Balaban J connectivity index is 2.08. The van der Waals surface area contributed by atoms with Crippen LogP contribution in [-0.2, 0) is 0 Å². The van der Waals surface area contributed by atoms with E-state index in [1.54, 1.807) is 0 Å².